The number of hydrogen-bond acceptors (Lipinski definition) is 6. The predicted octanol–water partition coefficient (Wildman–Crippen LogP) is 2.88. The summed E-state index contributed by atoms with van der Waals surface area (Å²) in [6, 6.07) is 4.02. The number of carbonyl (C=O) groups excluding carboxylic acids is 3. The van der Waals surface area contributed by atoms with Crippen LogP contribution in [0, 0.1) is 5.92 Å². The van der Waals surface area contributed by atoms with Crippen molar-refractivity contribution in [1.29, 1.82) is 0 Å². The van der Waals surface area contributed by atoms with E-state index in [2.05, 4.69) is 22.9 Å². The minimum absolute atomic E-state index is 0.0474. The Kier molecular flexibility index (Phi) is 7.91. The number of unbranched alkanes of at least 4 members (excludes halogenated alkanes) is 1. The molecule has 4 atom stereocenters. The van der Waals surface area contributed by atoms with Gasteiger partial charge in [-0.3, -0.25) is 25.1 Å². The quantitative estimate of drug-likeness (QED) is 0.548. The minimum atomic E-state index is -4.51. The molecule has 4 amide bonds. The van der Waals surface area contributed by atoms with Gasteiger partial charge in [-0.05, 0) is 24.6 Å². The van der Waals surface area contributed by atoms with E-state index in [0.717, 1.165) is 36.3 Å². The van der Waals surface area contributed by atoms with E-state index < -0.39 is 41.1 Å². The molecule has 1 aromatic carbocycles. The number of nitrogens with one attached hydrogen (secondary N) is 3. The van der Waals surface area contributed by atoms with Gasteiger partial charge in [0.15, 0.2) is 0 Å². The molecule has 2 fully saturated rings. The molecule has 2 heterocycles. The molecule has 3 rings (SSSR count). The maximum Gasteiger partial charge on any atom is 0.416 e. The van der Waals surface area contributed by atoms with Crippen molar-refractivity contribution in [2.24, 2.45) is 5.92 Å². The van der Waals surface area contributed by atoms with Crippen molar-refractivity contribution in [3.63, 3.8) is 0 Å². The fourth-order valence-corrected chi connectivity index (χ4v) is 5.11. The Morgan fingerprint density at radius 3 is 2.61 bits per heavy atom. The second-order valence-corrected chi connectivity index (χ2v) is 9.28. The van der Waals surface area contributed by atoms with Crippen molar-refractivity contribution in [1.82, 2.24) is 20.4 Å². The molecule has 2 saturated heterocycles. The van der Waals surface area contributed by atoms with Crippen LogP contribution in [0.1, 0.15) is 31.7 Å². The minimum Gasteiger partial charge on any atom is -0.325 e. The molecule has 0 bridgehead atoms. The van der Waals surface area contributed by atoms with E-state index in [4.69, 9.17) is 0 Å². The van der Waals surface area contributed by atoms with Crippen LogP contribution in [-0.4, -0.2) is 65.2 Å². The van der Waals surface area contributed by atoms with Crippen LogP contribution in [0.25, 0.3) is 0 Å². The summed E-state index contributed by atoms with van der Waals surface area (Å²) in [4.78, 5) is 40.3. The van der Waals surface area contributed by atoms with E-state index >= 15 is 0 Å². The van der Waals surface area contributed by atoms with Crippen molar-refractivity contribution in [2.75, 3.05) is 25.2 Å². The number of alkyl halides is 3. The van der Waals surface area contributed by atoms with Crippen molar-refractivity contribution in [3.05, 3.63) is 29.8 Å². The number of rotatable bonds is 7. The molecule has 0 aliphatic carbocycles. The lowest BCUT2D eigenvalue weighted by atomic mass is 9.96. The van der Waals surface area contributed by atoms with Gasteiger partial charge in [-0.25, -0.2) is 4.79 Å². The lowest BCUT2D eigenvalue weighted by molar-refractivity contribution is -0.140. The molecular weight excluding hydrogens is 459 g/mol. The molecule has 2 aliphatic rings. The number of hydrogen-bond donors (Lipinski definition) is 3. The number of nitrogens with zero attached hydrogens (tertiary/aromatic N) is 2. The van der Waals surface area contributed by atoms with E-state index in [0.29, 0.717) is 0 Å². The number of anilines is 1. The molecule has 0 aromatic heterocycles. The van der Waals surface area contributed by atoms with Crippen molar-refractivity contribution in [2.45, 2.75) is 50.1 Å². The fourth-order valence-electron chi connectivity index (χ4n) is 3.98. The number of thioether (sulfide) groups is 1. The molecule has 12 heteroatoms. The largest absolute Gasteiger partial charge is 0.416 e. The lowest BCUT2D eigenvalue weighted by Crippen LogP contribution is -2.74. The zero-order valence-electron chi connectivity index (χ0n) is 18.6. The summed E-state index contributed by atoms with van der Waals surface area (Å²) in [6.07, 6.45) is -2.49. The van der Waals surface area contributed by atoms with Gasteiger partial charge in [-0.1, -0.05) is 25.8 Å². The maximum atomic E-state index is 12.9. The van der Waals surface area contributed by atoms with E-state index in [1.54, 1.807) is 7.05 Å². The average Bonchev–Trinajstić information content (AvgIpc) is 2.77. The van der Waals surface area contributed by atoms with Crippen molar-refractivity contribution >= 4 is 35.3 Å². The Balaban J connectivity index is 1.70. The first-order valence-electron chi connectivity index (χ1n) is 10.7. The molecule has 2 aliphatic heterocycles. The van der Waals surface area contributed by atoms with Crippen LogP contribution in [-0.2, 0) is 15.8 Å². The standard InChI is InChI=1S/C21H28F3N5O3S/c1-4-5-9-14-26-17-16(19(31)29(3)20(32)28(17)2)18(27-14)33-11-15(30)25-13-8-6-7-12(10-13)21(22,23)24/h6-8,10,14,16-18,26-27H,4-5,9,11H2,1-3H3,(H,25,30). The molecule has 0 spiro atoms. The summed E-state index contributed by atoms with van der Waals surface area (Å²) in [5, 5.41) is 8.71. The summed E-state index contributed by atoms with van der Waals surface area (Å²) >= 11 is 1.20. The lowest BCUT2D eigenvalue weighted by Gasteiger charge is -2.50. The first-order chi connectivity index (χ1) is 15.5. The van der Waals surface area contributed by atoms with E-state index in [1.165, 1.54) is 35.8 Å². The number of imide groups is 1. The van der Waals surface area contributed by atoms with Gasteiger partial charge in [-0.15, -0.1) is 11.8 Å². The van der Waals surface area contributed by atoms with Gasteiger partial charge in [0.05, 0.1) is 34.9 Å². The van der Waals surface area contributed by atoms with E-state index in [9.17, 15) is 27.6 Å². The number of carbonyl (C=O) groups is 3. The van der Waals surface area contributed by atoms with Crippen LogP contribution in [0.5, 0.6) is 0 Å². The molecule has 1 aromatic rings. The van der Waals surface area contributed by atoms with Crippen molar-refractivity contribution in [3.8, 4) is 0 Å². The van der Waals surface area contributed by atoms with Crippen LogP contribution < -0.4 is 16.0 Å². The molecular formula is C21H28F3N5O3S. The van der Waals surface area contributed by atoms with Gasteiger partial charge in [0.2, 0.25) is 11.8 Å². The molecule has 182 valence electrons. The predicted molar refractivity (Wildman–Crippen MR) is 119 cm³/mol. The third-order valence-electron chi connectivity index (χ3n) is 5.74. The second-order valence-electron chi connectivity index (χ2n) is 8.15. The van der Waals surface area contributed by atoms with Gasteiger partial charge < -0.3 is 10.2 Å². The average molecular weight is 488 g/mol. The molecule has 4 unspecified atom stereocenters. The SMILES string of the molecule is CCCCC1NC(SCC(=O)Nc2cccc(C(F)(F)F)c2)C2C(=O)N(C)C(=O)N(C)C2N1. The Morgan fingerprint density at radius 2 is 1.94 bits per heavy atom. The van der Waals surface area contributed by atoms with Gasteiger partial charge in [0.25, 0.3) is 0 Å². The number of benzene rings is 1. The van der Waals surface area contributed by atoms with Crippen LogP contribution in [0.4, 0.5) is 23.7 Å². The Morgan fingerprint density at radius 1 is 1.21 bits per heavy atom. The highest BCUT2D eigenvalue weighted by Crippen LogP contribution is 2.33. The molecule has 0 radical (unpaired) electrons. The Bertz CT molecular complexity index is 900. The van der Waals surface area contributed by atoms with Gasteiger partial charge in [-0.2, -0.15) is 13.2 Å². The monoisotopic (exact) mass is 487 g/mol. The highest BCUT2D eigenvalue weighted by atomic mass is 32.2. The molecule has 8 nitrogen and oxygen atoms in total. The first kappa shape index (κ1) is 25.3. The molecule has 0 saturated carbocycles. The number of amides is 4. The summed E-state index contributed by atoms with van der Waals surface area (Å²) in [6.45, 7) is 2.06. The highest BCUT2D eigenvalue weighted by molar-refractivity contribution is 8.00. The van der Waals surface area contributed by atoms with Gasteiger partial charge in [0.1, 0.15) is 0 Å². The van der Waals surface area contributed by atoms with Crippen molar-refractivity contribution < 1.29 is 27.6 Å². The van der Waals surface area contributed by atoms with E-state index in [1.807, 2.05) is 0 Å². The molecule has 33 heavy (non-hydrogen) atoms. The fraction of sp³-hybridized carbons (Fsp3) is 0.571. The number of fused-ring (bicyclic) bond motifs is 1. The zero-order valence-corrected chi connectivity index (χ0v) is 19.4. The summed E-state index contributed by atoms with van der Waals surface area (Å²) in [5.74, 6) is -1.54. The van der Waals surface area contributed by atoms with Gasteiger partial charge >= 0.3 is 12.2 Å². The number of urea groups is 1. The third-order valence-corrected chi connectivity index (χ3v) is 6.96. The molecule has 3 N–H and O–H groups in total. The third kappa shape index (κ3) is 5.79. The highest BCUT2D eigenvalue weighted by Gasteiger charge is 2.50. The topological polar surface area (TPSA) is 93.8 Å². The Labute approximate surface area is 194 Å². The smallest absolute Gasteiger partial charge is 0.325 e. The van der Waals surface area contributed by atoms with Crippen LogP contribution >= 0.6 is 11.8 Å². The van der Waals surface area contributed by atoms with Crippen LogP contribution in [0.2, 0.25) is 0 Å². The van der Waals surface area contributed by atoms with Crippen LogP contribution in [0.3, 0.4) is 0 Å². The summed E-state index contributed by atoms with van der Waals surface area (Å²) in [5.41, 5.74) is -0.802. The summed E-state index contributed by atoms with van der Waals surface area (Å²) in [7, 11) is 3.04. The first-order valence-corrected chi connectivity index (χ1v) is 11.7. The van der Waals surface area contributed by atoms with Gasteiger partial charge in [0, 0.05) is 19.8 Å². The number of halogens is 3. The second kappa shape index (κ2) is 10.3. The Hall–Kier alpha value is -2.31. The zero-order chi connectivity index (χ0) is 24.3. The summed E-state index contributed by atoms with van der Waals surface area (Å²) < 4.78 is 38.7. The maximum absolute atomic E-state index is 12.9. The normalized spacial score (nSPS) is 25.8. The van der Waals surface area contributed by atoms with Crippen LogP contribution in [0.15, 0.2) is 24.3 Å². The van der Waals surface area contributed by atoms with E-state index in [-0.39, 0.29) is 23.5 Å².